The zero-order chi connectivity index (χ0) is 17.0. The first-order valence-electron chi connectivity index (χ1n) is 8.04. The maximum Gasteiger partial charge on any atom is 0.263 e. The van der Waals surface area contributed by atoms with Gasteiger partial charge in [0, 0.05) is 18.6 Å². The summed E-state index contributed by atoms with van der Waals surface area (Å²) >= 11 is 1.28. The molecular weight excluding hydrogens is 316 g/mol. The summed E-state index contributed by atoms with van der Waals surface area (Å²) in [5.41, 5.74) is 0. The van der Waals surface area contributed by atoms with Gasteiger partial charge >= 0.3 is 0 Å². The highest BCUT2D eigenvalue weighted by atomic mass is 32.1. The van der Waals surface area contributed by atoms with E-state index in [1.807, 2.05) is 13.8 Å². The van der Waals surface area contributed by atoms with E-state index in [0.29, 0.717) is 23.1 Å². The van der Waals surface area contributed by atoms with Crippen LogP contribution in [0.4, 0.5) is 0 Å². The highest BCUT2D eigenvalue weighted by molar-refractivity contribution is 7.13. The first-order valence-corrected chi connectivity index (χ1v) is 8.86. The third-order valence-electron chi connectivity index (χ3n) is 4.12. The van der Waals surface area contributed by atoms with Gasteiger partial charge in [-0.15, -0.1) is 11.3 Å². The number of carbonyl (C=O) groups is 1. The molecule has 0 unspecified atom stereocenters. The minimum absolute atomic E-state index is 0.0211. The molecule has 2 heterocycles. The lowest BCUT2D eigenvalue weighted by Gasteiger charge is -2.32. The van der Waals surface area contributed by atoms with Crippen molar-refractivity contribution in [3.05, 3.63) is 16.1 Å². The molecule has 1 aromatic rings. The third kappa shape index (κ3) is 4.50. The third-order valence-corrected chi connectivity index (χ3v) is 5.13. The van der Waals surface area contributed by atoms with Gasteiger partial charge in [0.25, 0.3) is 5.91 Å². The largest absolute Gasteiger partial charge is 0.396 e. The van der Waals surface area contributed by atoms with Gasteiger partial charge in [0.2, 0.25) is 6.29 Å². The molecule has 0 saturated carbocycles. The van der Waals surface area contributed by atoms with E-state index in [1.165, 1.54) is 11.3 Å². The van der Waals surface area contributed by atoms with Gasteiger partial charge in [0.1, 0.15) is 9.88 Å². The lowest BCUT2D eigenvalue weighted by molar-refractivity contribution is -0.0442. The summed E-state index contributed by atoms with van der Waals surface area (Å²) in [5, 5.41) is 13.4. The van der Waals surface area contributed by atoms with Crippen molar-refractivity contribution in [1.82, 2.24) is 10.3 Å². The summed E-state index contributed by atoms with van der Waals surface area (Å²) in [5.74, 6) is 0.370. The fourth-order valence-electron chi connectivity index (χ4n) is 2.73. The Morgan fingerprint density at radius 2 is 2.00 bits per heavy atom. The number of aromatic nitrogens is 1. The molecule has 1 amide bonds. The van der Waals surface area contributed by atoms with Crippen LogP contribution >= 0.6 is 11.3 Å². The van der Waals surface area contributed by atoms with Crippen LogP contribution in [0.5, 0.6) is 0 Å². The van der Waals surface area contributed by atoms with Gasteiger partial charge in [-0.25, -0.2) is 4.98 Å². The summed E-state index contributed by atoms with van der Waals surface area (Å²) in [7, 11) is 0. The maximum atomic E-state index is 12.5. The molecule has 6 nitrogen and oxygen atoms in total. The Bertz CT molecular complexity index is 512. The number of aliphatic hydroxyl groups is 1. The van der Waals surface area contributed by atoms with Crippen LogP contribution in [-0.2, 0) is 9.47 Å². The molecule has 0 aromatic carbocycles. The first-order chi connectivity index (χ1) is 10.9. The first kappa shape index (κ1) is 18.3. The maximum absolute atomic E-state index is 12.5. The molecule has 2 rings (SSSR count). The number of hydrogen-bond acceptors (Lipinski definition) is 6. The Morgan fingerprint density at radius 3 is 2.52 bits per heavy atom. The van der Waals surface area contributed by atoms with Gasteiger partial charge < -0.3 is 19.9 Å². The monoisotopic (exact) mass is 342 g/mol. The van der Waals surface area contributed by atoms with Crippen molar-refractivity contribution in [2.75, 3.05) is 19.8 Å². The normalized spacial score (nSPS) is 18.6. The SMILES string of the molecule is CC(C)[C@@H](CO)[C@@H](NC(=O)c1cnc(C2OCCO2)s1)C(C)C. The number of nitrogens with one attached hydrogen (secondary N) is 1. The number of rotatable bonds is 7. The molecule has 7 heteroatoms. The van der Waals surface area contributed by atoms with E-state index in [0.717, 1.165) is 0 Å². The van der Waals surface area contributed by atoms with Gasteiger partial charge in [0.15, 0.2) is 0 Å². The van der Waals surface area contributed by atoms with E-state index < -0.39 is 6.29 Å². The smallest absolute Gasteiger partial charge is 0.263 e. The van der Waals surface area contributed by atoms with Crippen molar-refractivity contribution < 1.29 is 19.4 Å². The Kier molecular flexibility index (Phi) is 6.52. The number of hydrogen-bond donors (Lipinski definition) is 2. The molecule has 1 aliphatic rings. The van der Waals surface area contributed by atoms with Crippen LogP contribution < -0.4 is 5.32 Å². The molecule has 1 aromatic heterocycles. The van der Waals surface area contributed by atoms with Crippen molar-refractivity contribution in [1.29, 1.82) is 0 Å². The minimum Gasteiger partial charge on any atom is -0.396 e. The number of amides is 1. The summed E-state index contributed by atoms with van der Waals surface area (Å²) in [6, 6.07) is -0.0861. The number of carbonyl (C=O) groups excluding carboxylic acids is 1. The number of aliphatic hydroxyl groups excluding tert-OH is 1. The molecule has 2 N–H and O–H groups in total. The van der Waals surface area contributed by atoms with Gasteiger partial charge in [-0.05, 0) is 11.8 Å². The second-order valence-corrected chi connectivity index (χ2v) is 7.53. The van der Waals surface area contributed by atoms with Crippen LogP contribution in [0.15, 0.2) is 6.20 Å². The Balaban J connectivity index is 2.06. The molecule has 130 valence electrons. The molecule has 23 heavy (non-hydrogen) atoms. The van der Waals surface area contributed by atoms with Crippen molar-refractivity contribution in [2.24, 2.45) is 17.8 Å². The quantitative estimate of drug-likeness (QED) is 0.794. The highest BCUT2D eigenvalue weighted by Crippen LogP contribution is 2.28. The Labute approximate surface area is 141 Å². The van der Waals surface area contributed by atoms with E-state index in [1.54, 1.807) is 6.20 Å². The standard InChI is InChI=1S/C16H26N2O4S/c1-9(2)11(8-19)13(10(3)4)18-14(20)12-7-17-15(23-12)16-21-5-6-22-16/h7,9-11,13,16,19H,5-6,8H2,1-4H3,(H,18,20)/t11-,13+/m1/s1. The molecule has 2 atom stereocenters. The zero-order valence-corrected chi connectivity index (χ0v) is 14.9. The lowest BCUT2D eigenvalue weighted by Crippen LogP contribution is -2.46. The van der Waals surface area contributed by atoms with Crippen LogP contribution in [0, 0.1) is 17.8 Å². The average Bonchev–Trinajstić information content (AvgIpc) is 3.17. The van der Waals surface area contributed by atoms with E-state index in [4.69, 9.17) is 9.47 Å². The Morgan fingerprint density at radius 1 is 1.35 bits per heavy atom. The van der Waals surface area contributed by atoms with E-state index in [9.17, 15) is 9.90 Å². The second-order valence-electron chi connectivity index (χ2n) is 6.47. The molecule has 0 aliphatic carbocycles. The van der Waals surface area contributed by atoms with E-state index in [-0.39, 0.29) is 36.3 Å². The minimum atomic E-state index is -0.455. The number of ether oxygens (including phenoxy) is 2. The predicted molar refractivity (Wildman–Crippen MR) is 88.3 cm³/mol. The zero-order valence-electron chi connectivity index (χ0n) is 14.1. The van der Waals surface area contributed by atoms with Crippen molar-refractivity contribution in [3.63, 3.8) is 0 Å². The molecular formula is C16H26N2O4S. The van der Waals surface area contributed by atoms with Crippen LogP contribution in [-0.4, -0.2) is 41.9 Å². The average molecular weight is 342 g/mol. The molecule has 1 saturated heterocycles. The summed E-state index contributed by atoms with van der Waals surface area (Å²) in [4.78, 5) is 17.3. The van der Waals surface area contributed by atoms with Crippen molar-refractivity contribution in [2.45, 2.75) is 40.0 Å². The lowest BCUT2D eigenvalue weighted by atomic mass is 9.83. The predicted octanol–water partition coefficient (Wildman–Crippen LogP) is 2.21. The van der Waals surface area contributed by atoms with Crippen molar-refractivity contribution >= 4 is 17.2 Å². The van der Waals surface area contributed by atoms with Crippen LogP contribution in [0.2, 0.25) is 0 Å². The molecule has 1 fully saturated rings. The topological polar surface area (TPSA) is 80.7 Å². The van der Waals surface area contributed by atoms with Crippen LogP contribution in [0.1, 0.15) is 48.7 Å². The van der Waals surface area contributed by atoms with Crippen LogP contribution in [0.25, 0.3) is 0 Å². The van der Waals surface area contributed by atoms with Gasteiger partial charge in [0.05, 0.1) is 19.4 Å². The number of thiazole rings is 1. The fourth-order valence-corrected chi connectivity index (χ4v) is 3.55. The summed E-state index contributed by atoms with van der Waals surface area (Å²) in [6.45, 7) is 9.37. The second kappa shape index (κ2) is 8.19. The molecule has 0 spiro atoms. The van der Waals surface area contributed by atoms with E-state index in [2.05, 4.69) is 24.1 Å². The molecule has 0 radical (unpaired) electrons. The van der Waals surface area contributed by atoms with Crippen molar-refractivity contribution in [3.8, 4) is 0 Å². The van der Waals surface area contributed by atoms with E-state index >= 15 is 0 Å². The summed E-state index contributed by atoms with van der Waals surface area (Å²) < 4.78 is 10.8. The van der Waals surface area contributed by atoms with Crippen LogP contribution in [0.3, 0.4) is 0 Å². The summed E-state index contributed by atoms with van der Waals surface area (Å²) in [6.07, 6.45) is 1.10. The highest BCUT2D eigenvalue weighted by Gasteiger charge is 2.29. The Hall–Kier alpha value is -1.02. The molecule has 1 aliphatic heterocycles. The van der Waals surface area contributed by atoms with Gasteiger partial charge in [-0.1, -0.05) is 27.7 Å². The molecule has 0 bridgehead atoms. The fraction of sp³-hybridized carbons (Fsp3) is 0.750. The number of nitrogens with zero attached hydrogens (tertiary/aromatic N) is 1. The van der Waals surface area contributed by atoms with Gasteiger partial charge in [-0.3, -0.25) is 4.79 Å². The van der Waals surface area contributed by atoms with Gasteiger partial charge in [-0.2, -0.15) is 0 Å².